The molecule has 3 heterocycles. The molecule has 168 valence electrons. The highest BCUT2D eigenvalue weighted by Crippen LogP contribution is 2.39. The van der Waals surface area contributed by atoms with Crippen LogP contribution in [0.4, 0.5) is 10.2 Å². The lowest BCUT2D eigenvalue weighted by Crippen LogP contribution is -2.41. The van der Waals surface area contributed by atoms with E-state index >= 15 is 0 Å². The number of anilines is 1. The van der Waals surface area contributed by atoms with Crippen LogP contribution >= 0.6 is 15.9 Å². The van der Waals surface area contributed by atoms with Crippen molar-refractivity contribution in [2.24, 2.45) is 5.92 Å². The minimum atomic E-state index is -4.34. The van der Waals surface area contributed by atoms with Crippen LogP contribution in [-0.4, -0.2) is 36.4 Å². The Morgan fingerprint density at radius 3 is 2.71 bits per heavy atom. The van der Waals surface area contributed by atoms with Crippen LogP contribution in [-0.2, 0) is 10.0 Å². The molecule has 7 nitrogen and oxygen atoms in total. The summed E-state index contributed by atoms with van der Waals surface area (Å²) in [5.41, 5.74) is -0.114. The molecule has 0 aromatic carbocycles. The maximum Gasteiger partial charge on any atom is 0.281 e. The summed E-state index contributed by atoms with van der Waals surface area (Å²) in [7, 11) is -4.34. The van der Waals surface area contributed by atoms with E-state index in [0.29, 0.717) is 16.3 Å². The van der Waals surface area contributed by atoms with Gasteiger partial charge < -0.3 is 4.90 Å². The minimum Gasteiger partial charge on any atom is -0.351 e. The Balaban J connectivity index is 1.92. The third-order valence-electron chi connectivity index (χ3n) is 5.46. The van der Waals surface area contributed by atoms with Gasteiger partial charge in [0.1, 0.15) is 10.4 Å². The molecule has 1 saturated heterocycles. The van der Waals surface area contributed by atoms with Crippen molar-refractivity contribution in [1.29, 1.82) is 0 Å². The van der Waals surface area contributed by atoms with Crippen LogP contribution in [0.1, 0.15) is 56.8 Å². The van der Waals surface area contributed by atoms with Crippen LogP contribution in [0.5, 0.6) is 0 Å². The SMILES string of the molecule is CCCC[C@@H]1CN(c2nc(Br)ccc2C(=O)NS(=O)(=O)c2cccc(F)n2)C(C)(C)C1. The molecule has 0 radical (unpaired) electrons. The van der Waals surface area contributed by atoms with Gasteiger partial charge in [-0.15, -0.1) is 0 Å². The summed E-state index contributed by atoms with van der Waals surface area (Å²) in [5.74, 6) is -0.905. The number of nitrogens with one attached hydrogen (secondary N) is 1. The highest BCUT2D eigenvalue weighted by atomic mass is 79.9. The van der Waals surface area contributed by atoms with E-state index in [1.165, 1.54) is 12.1 Å². The number of hydrogen-bond donors (Lipinski definition) is 1. The van der Waals surface area contributed by atoms with Crippen LogP contribution in [0.3, 0.4) is 0 Å². The van der Waals surface area contributed by atoms with Gasteiger partial charge in [-0.1, -0.05) is 25.8 Å². The highest BCUT2D eigenvalue weighted by Gasteiger charge is 2.40. The van der Waals surface area contributed by atoms with E-state index in [2.05, 4.69) is 51.6 Å². The first kappa shape index (κ1) is 23.6. The third-order valence-corrected chi connectivity index (χ3v) is 7.13. The van der Waals surface area contributed by atoms with Gasteiger partial charge in [-0.05, 0) is 72.8 Å². The Morgan fingerprint density at radius 1 is 1.29 bits per heavy atom. The van der Waals surface area contributed by atoms with Crippen LogP contribution in [0.25, 0.3) is 0 Å². The lowest BCUT2D eigenvalue weighted by atomic mass is 9.93. The molecule has 1 aliphatic heterocycles. The van der Waals surface area contributed by atoms with Crippen molar-refractivity contribution in [2.45, 2.75) is 57.0 Å². The highest BCUT2D eigenvalue weighted by molar-refractivity contribution is 9.10. The van der Waals surface area contributed by atoms with E-state index in [-0.39, 0.29) is 11.1 Å². The average molecular weight is 513 g/mol. The molecule has 0 unspecified atom stereocenters. The summed E-state index contributed by atoms with van der Waals surface area (Å²) in [6.45, 7) is 7.08. The lowest BCUT2D eigenvalue weighted by molar-refractivity contribution is 0.0981. The third kappa shape index (κ3) is 5.41. The average Bonchev–Trinajstić information content (AvgIpc) is 3.00. The molecule has 1 N–H and O–H groups in total. The molecule has 31 heavy (non-hydrogen) atoms. The molecule has 2 aromatic rings. The Kier molecular flexibility index (Phi) is 7.00. The summed E-state index contributed by atoms with van der Waals surface area (Å²) >= 11 is 3.35. The second-order valence-electron chi connectivity index (χ2n) is 8.37. The van der Waals surface area contributed by atoms with Gasteiger partial charge in [0.25, 0.3) is 15.9 Å². The number of halogens is 2. The Hall–Kier alpha value is -2.07. The normalized spacial score (nSPS) is 18.2. The fourth-order valence-corrected chi connectivity index (χ4v) is 5.25. The molecule has 0 bridgehead atoms. The first-order chi connectivity index (χ1) is 14.5. The fourth-order valence-electron chi connectivity index (χ4n) is 4.02. The summed E-state index contributed by atoms with van der Waals surface area (Å²) in [6, 6.07) is 6.50. The van der Waals surface area contributed by atoms with Crippen molar-refractivity contribution in [2.75, 3.05) is 11.4 Å². The number of nitrogens with zero attached hydrogens (tertiary/aromatic N) is 3. The standard InChI is InChI=1S/C21H26BrFN4O3S/c1-4-5-7-14-12-21(2,3)27(13-14)19-15(10-11-16(22)24-19)20(28)26-31(29,30)18-9-6-8-17(23)25-18/h6,8-11,14H,4-5,7,12-13H2,1-3H3,(H,26,28)/t14-/m0/s1. The zero-order valence-corrected chi connectivity index (χ0v) is 20.1. The maximum absolute atomic E-state index is 13.4. The smallest absolute Gasteiger partial charge is 0.281 e. The molecule has 3 rings (SSSR count). The number of pyridine rings is 2. The summed E-state index contributed by atoms with van der Waals surface area (Å²) in [4.78, 5) is 22.9. The zero-order chi connectivity index (χ0) is 22.8. The molecule has 10 heteroatoms. The number of carbonyl (C=O) groups is 1. The minimum absolute atomic E-state index is 0.132. The van der Waals surface area contributed by atoms with Crippen molar-refractivity contribution in [3.63, 3.8) is 0 Å². The first-order valence-corrected chi connectivity index (χ1v) is 12.4. The molecule has 1 amide bonds. The lowest BCUT2D eigenvalue weighted by Gasteiger charge is -2.33. The topological polar surface area (TPSA) is 92.3 Å². The van der Waals surface area contributed by atoms with Crippen LogP contribution in [0.2, 0.25) is 0 Å². The summed E-state index contributed by atoms with van der Waals surface area (Å²) in [5, 5.41) is -0.561. The number of rotatable bonds is 7. The number of amides is 1. The molecule has 1 aliphatic rings. The Labute approximate surface area is 190 Å². The molecule has 0 aliphatic carbocycles. The van der Waals surface area contributed by atoms with Crippen molar-refractivity contribution in [3.8, 4) is 0 Å². The summed E-state index contributed by atoms with van der Waals surface area (Å²) in [6.07, 6.45) is 4.29. The fraction of sp³-hybridized carbons (Fsp3) is 0.476. The van der Waals surface area contributed by atoms with Gasteiger partial charge in [0.2, 0.25) is 5.95 Å². The number of aromatic nitrogens is 2. The van der Waals surface area contributed by atoms with Crippen molar-refractivity contribution in [1.82, 2.24) is 14.7 Å². The Morgan fingerprint density at radius 2 is 2.03 bits per heavy atom. The van der Waals surface area contributed by atoms with E-state index < -0.39 is 26.9 Å². The number of unbranched alkanes of at least 4 members (excludes halogenated alkanes) is 1. The predicted molar refractivity (Wildman–Crippen MR) is 120 cm³/mol. The number of sulfonamides is 1. The van der Waals surface area contributed by atoms with Crippen LogP contribution < -0.4 is 9.62 Å². The molecule has 2 aromatic heterocycles. The van der Waals surface area contributed by atoms with E-state index in [1.807, 2.05) is 4.72 Å². The van der Waals surface area contributed by atoms with Gasteiger partial charge in [0.15, 0.2) is 5.03 Å². The first-order valence-electron chi connectivity index (χ1n) is 10.2. The van der Waals surface area contributed by atoms with Gasteiger partial charge >= 0.3 is 0 Å². The van der Waals surface area contributed by atoms with Gasteiger partial charge in [0, 0.05) is 12.1 Å². The van der Waals surface area contributed by atoms with Gasteiger partial charge in [-0.3, -0.25) is 4.79 Å². The van der Waals surface area contributed by atoms with E-state index in [9.17, 15) is 17.6 Å². The second-order valence-corrected chi connectivity index (χ2v) is 10.8. The van der Waals surface area contributed by atoms with Crippen LogP contribution in [0.15, 0.2) is 40.0 Å². The monoisotopic (exact) mass is 512 g/mol. The maximum atomic E-state index is 13.4. The van der Waals surface area contributed by atoms with Crippen molar-refractivity contribution >= 4 is 37.7 Å². The molecular formula is C21H26BrFN4O3S. The second kappa shape index (κ2) is 9.20. The number of hydrogen-bond acceptors (Lipinski definition) is 6. The predicted octanol–water partition coefficient (Wildman–Crippen LogP) is 4.29. The van der Waals surface area contributed by atoms with Gasteiger partial charge in [0.05, 0.1) is 5.56 Å². The molecule has 0 spiro atoms. The molecule has 1 atom stereocenters. The summed E-state index contributed by atoms with van der Waals surface area (Å²) < 4.78 is 41.0. The zero-order valence-electron chi connectivity index (χ0n) is 17.7. The Bertz CT molecular complexity index is 1080. The van der Waals surface area contributed by atoms with Crippen molar-refractivity contribution in [3.05, 3.63) is 46.4 Å². The molecule has 0 saturated carbocycles. The van der Waals surface area contributed by atoms with E-state index in [4.69, 9.17) is 0 Å². The van der Waals surface area contributed by atoms with E-state index in [1.54, 1.807) is 6.07 Å². The number of carbonyl (C=O) groups excluding carboxylic acids is 1. The molecular weight excluding hydrogens is 487 g/mol. The van der Waals surface area contributed by atoms with Crippen LogP contribution in [0, 0.1) is 11.9 Å². The van der Waals surface area contributed by atoms with Crippen molar-refractivity contribution < 1.29 is 17.6 Å². The van der Waals surface area contributed by atoms with Gasteiger partial charge in [-0.25, -0.2) is 14.7 Å². The quantitative estimate of drug-likeness (QED) is 0.556. The van der Waals surface area contributed by atoms with Gasteiger partial charge in [-0.2, -0.15) is 12.8 Å². The van der Waals surface area contributed by atoms with E-state index in [0.717, 1.165) is 44.4 Å². The molecule has 1 fully saturated rings. The largest absolute Gasteiger partial charge is 0.351 e.